The monoisotopic (exact) mass is 563 g/mol. The van der Waals surface area contributed by atoms with Crippen molar-refractivity contribution in [2.24, 2.45) is 38.9 Å². The molecule has 3 saturated carbocycles. The van der Waals surface area contributed by atoms with Crippen LogP contribution in [0.3, 0.4) is 0 Å². The van der Waals surface area contributed by atoms with Crippen LogP contribution in [-0.2, 0) is 14.3 Å². The minimum absolute atomic E-state index is 0.00417. The van der Waals surface area contributed by atoms with Crippen molar-refractivity contribution in [3.05, 3.63) is 46.3 Å². The fraction of sp³-hybridized carbons (Fsp3) is 0.722. The number of carbonyl (C=O) groups is 2. The molecule has 0 aliphatic heterocycles. The molecule has 41 heavy (non-hydrogen) atoms. The summed E-state index contributed by atoms with van der Waals surface area (Å²) in [5.41, 5.74) is 4.38. The summed E-state index contributed by atoms with van der Waals surface area (Å²) < 4.78 is 6.10. The van der Waals surface area contributed by atoms with Crippen molar-refractivity contribution >= 4 is 11.8 Å². The van der Waals surface area contributed by atoms with E-state index in [0.29, 0.717) is 18.1 Å². The van der Waals surface area contributed by atoms with Crippen LogP contribution in [0.15, 0.2) is 46.3 Å². The van der Waals surface area contributed by atoms with Crippen LogP contribution in [0.5, 0.6) is 0 Å². The summed E-state index contributed by atoms with van der Waals surface area (Å²) in [6, 6.07) is -0.225. The first kappa shape index (κ1) is 30.3. The predicted molar refractivity (Wildman–Crippen MR) is 164 cm³/mol. The van der Waals surface area contributed by atoms with Crippen molar-refractivity contribution in [3.63, 3.8) is 0 Å². The smallest absolute Gasteiger partial charge is 0.323 e. The van der Waals surface area contributed by atoms with Gasteiger partial charge in [-0.3, -0.25) is 14.5 Å². The zero-order valence-electron chi connectivity index (χ0n) is 27.2. The summed E-state index contributed by atoms with van der Waals surface area (Å²) in [6.45, 7) is 18.8. The minimum Gasteiger partial charge on any atom is -0.504 e. The van der Waals surface area contributed by atoms with Gasteiger partial charge >= 0.3 is 5.97 Å². The van der Waals surface area contributed by atoms with Crippen molar-refractivity contribution in [1.29, 1.82) is 0 Å². The van der Waals surface area contributed by atoms with Crippen molar-refractivity contribution in [2.45, 2.75) is 106 Å². The fourth-order valence-electron chi connectivity index (χ4n) is 10.1. The lowest BCUT2D eigenvalue weighted by Crippen LogP contribution is -2.62. The summed E-state index contributed by atoms with van der Waals surface area (Å²) in [6.07, 6.45) is 14.0. The molecule has 0 aromatic carbocycles. The quantitative estimate of drug-likeness (QED) is 0.347. The number of fused-ring (bicyclic) bond motifs is 7. The molecule has 5 aliphatic carbocycles. The number of aliphatic hydroxyl groups excluding tert-OH is 1. The normalized spacial score (nSPS) is 41.0. The summed E-state index contributed by atoms with van der Waals surface area (Å²) in [5, 5.41) is 10.4. The molecule has 226 valence electrons. The highest BCUT2D eigenvalue weighted by molar-refractivity contribution is 6.06. The maximum Gasteiger partial charge on any atom is 0.323 e. The molecule has 1 N–H and O–H groups in total. The van der Waals surface area contributed by atoms with Crippen molar-refractivity contribution in [1.82, 2.24) is 4.90 Å². The number of ketones is 1. The first-order valence-electron chi connectivity index (χ1n) is 15.9. The Morgan fingerprint density at radius 3 is 2.32 bits per heavy atom. The molecule has 7 atom stereocenters. The average Bonchev–Trinajstić information content (AvgIpc) is 2.89. The lowest BCUT2D eigenvalue weighted by Gasteiger charge is -2.70. The summed E-state index contributed by atoms with van der Waals surface area (Å²) >= 11 is 0. The lowest BCUT2D eigenvalue weighted by atomic mass is 9.34. The molecule has 0 heterocycles. The number of nitrogens with zero attached hydrogens (tertiary/aromatic N) is 1. The maximum absolute atomic E-state index is 13.1. The number of hydrogen-bond donors (Lipinski definition) is 1. The van der Waals surface area contributed by atoms with Gasteiger partial charge in [0.15, 0.2) is 5.76 Å². The number of esters is 1. The number of aliphatic hydroxyl groups is 1. The van der Waals surface area contributed by atoms with Crippen LogP contribution in [0, 0.1) is 38.9 Å². The first-order chi connectivity index (χ1) is 18.9. The molecule has 0 spiro atoms. The highest BCUT2D eigenvalue weighted by Crippen LogP contribution is 2.75. The molecule has 0 bridgehead atoms. The van der Waals surface area contributed by atoms with Gasteiger partial charge in [0.2, 0.25) is 5.78 Å². The number of allylic oxidation sites excluding steroid dienone is 7. The van der Waals surface area contributed by atoms with Crippen LogP contribution in [0.25, 0.3) is 0 Å². The Bertz CT molecular complexity index is 1280. The van der Waals surface area contributed by atoms with Gasteiger partial charge in [0.25, 0.3) is 0 Å². The molecule has 0 saturated heterocycles. The lowest BCUT2D eigenvalue weighted by molar-refractivity contribution is -0.175. The van der Waals surface area contributed by atoms with E-state index in [0.717, 1.165) is 43.3 Å². The van der Waals surface area contributed by atoms with Crippen LogP contribution >= 0.6 is 0 Å². The molecule has 5 heteroatoms. The standard InChI is InChI=1S/C36H53NO4/c1-22(2)29(37(9)10)31(40)41-21-32(4)13-14-33(5)15-17-35(7)27-12-11-24-23(3)30(39)26(38)19-25(24)34(27,6)16-18-36(35,8)28(33)20-32/h11-12,19,22,28-29,39H,13-18,20-21H2,1-10H3/t28-,29?,32-,33+,34+,35-,36+/m1/s1. The number of hydrogen-bond acceptors (Lipinski definition) is 5. The Labute approximate surface area is 248 Å². The van der Waals surface area contributed by atoms with Gasteiger partial charge in [0.1, 0.15) is 6.04 Å². The molecular weight excluding hydrogens is 510 g/mol. The largest absolute Gasteiger partial charge is 0.504 e. The first-order valence-corrected chi connectivity index (χ1v) is 15.9. The van der Waals surface area contributed by atoms with Gasteiger partial charge in [-0.15, -0.1) is 0 Å². The van der Waals surface area contributed by atoms with E-state index in [1.807, 2.05) is 25.9 Å². The third-order valence-corrected chi connectivity index (χ3v) is 13.0. The zero-order valence-corrected chi connectivity index (χ0v) is 27.2. The molecule has 0 aromatic rings. The van der Waals surface area contributed by atoms with Crippen LogP contribution in [0.2, 0.25) is 0 Å². The summed E-state index contributed by atoms with van der Waals surface area (Å²) in [7, 11) is 3.91. The number of likely N-dealkylation sites (N-methyl/N-ethyl adjacent to an activating group) is 1. The molecule has 5 rings (SSSR count). The SMILES string of the molecule is CC1=C(O)C(=O)C=C2C1=CC=C1[C@@]2(C)CC[C@@]2(C)[C@@H]3C[C@](C)(COC(=O)C(C(C)C)N(C)C)CC[C@@]3(C)CC[C@]12C. The average molecular weight is 564 g/mol. The van der Waals surface area contributed by atoms with Crippen LogP contribution in [0.4, 0.5) is 0 Å². The number of carbonyl (C=O) groups excluding carboxylic acids is 2. The van der Waals surface area contributed by atoms with Gasteiger partial charge in [0, 0.05) is 16.4 Å². The molecule has 0 aromatic heterocycles. The Balaban J connectivity index is 1.47. The number of ether oxygens (including phenoxy) is 1. The van der Waals surface area contributed by atoms with E-state index in [2.05, 4.69) is 60.6 Å². The van der Waals surface area contributed by atoms with Crippen LogP contribution in [0.1, 0.15) is 100 Å². The van der Waals surface area contributed by atoms with Crippen LogP contribution in [-0.4, -0.2) is 48.5 Å². The number of rotatable bonds is 5. The van der Waals surface area contributed by atoms with Crippen molar-refractivity contribution in [2.75, 3.05) is 20.7 Å². The predicted octanol–water partition coefficient (Wildman–Crippen LogP) is 7.74. The maximum atomic E-state index is 13.1. The molecule has 0 amide bonds. The third kappa shape index (κ3) is 4.34. The second-order valence-electron chi connectivity index (χ2n) is 16.1. The summed E-state index contributed by atoms with van der Waals surface area (Å²) in [4.78, 5) is 27.9. The van der Waals surface area contributed by atoms with E-state index in [-0.39, 0.29) is 56.5 Å². The van der Waals surface area contributed by atoms with Gasteiger partial charge in [-0.05, 0) is 111 Å². The Kier molecular flexibility index (Phi) is 7.17. The summed E-state index contributed by atoms with van der Waals surface area (Å²) in [5.74, 6) is 0.231. The second-order valence-corrected chi connectivity index (χ2v) is 16.1. The van der Waals surface area contributed by atoms with Gasteiger partial charge in [-0.25, -0.2) is 0 Å². The Hall–Kier alpha value is -2.14. The van der Waals surface area contributed by atoms with E-state index in [1.165, 1.54) is 18.4 Å². The van der Waals surface area contributed by atoms with E-state index >= 15 is 0 Å². The fourth-order valence-corrected chi connectivity index (χ4v) is 10.1. The minimum atomic E-state index is -0.265. The molecule has 5 nitrogen and oxygen atoms in total. The molecule has 5 aliphatic rings. The zero-order chi connectivity index (χ0) is 30.3. The molecule has 3 fully saturated rings. The van der Waals surface area contributed by atoms with E-state index in [1.54, 1.807) is 6.08 Å². The molecule has 1 unspecified atom stereocenters. The van der Waals surface area contributed by atoms with Gasteiger partial charge in [-0.1, -0.05) is 66.2 Å². The highest BCUT2D eigenvalue weighted by Gasteiger charge is 2.66. The van der Waals surface area contributed by atoms with E-state index < -0.39 is 0 Å². The topological polar surface area (TPSA) is 66.8 Å². The van der Waals surface area contributed by atoms with E-state index in [9.17, 15) is 14.7 Å². The van der Waals surface area contributed by atoms with E-state index in [4.69, 9.17) is 4.74 Å². The Morgan fingerprint density at radius 1 is 1.02 bits per heavy atom. The third-order valence-electron chi connectivity index (χ3n) is 13.0. The van der Waals surface area contributed by atoms with Crippen molar-refractivity contribution < 1.29 is 19.4 Å². The van der Waals surface area contributed by atoms with Gasteiger partial charge < -0.3 is 9.84 Å². The molecule has 0 radical (unpaired) electrons. The Morgan fingerprint density at radius 2 is 1.68 bits per heavy atom. The van der Waals surface area contributed by atoms with Gasteiger partial charge in [0.05, 0.1) is 6.61 Å². The highest BCUT2D eigenvalue weighted by atomic mass is 16.5. The second kappa shape index (κ2) is 9.69. The molecular formula is C36H53NO4. The van der Waals surface area contributed by atoms with Crippen LogP contribution < -0.4 is 0 Å². The van der Waals surface area contributed by atoms with Crippen molar-refractivity contribution in [3.8, 4) is 0 Å². The van der Waals surface area contributed by atoms with Gasteiger partial charge in [-0.2, -0.15) is 0 Å².